The molecule has 134 valence electrons. The number of rotatable bonds is 7. The molecule has 1 aromatic rings. The molecule has 1 aliphatic rings. The number of likely N-dealkylation sites (N-methyl/N-ethyl adjacent to an activating group) is 1. The first-order chi connectivity index (χ1) is 11.4. The van der Waals surface area contributed by atoms with Crippen molar-refractivity contribution in [1.82, 2.24) is 4.90 Å². The highest BCUT2D eigenvalue weighted by atomic mass is 32.2. The van der Waals surface area contributed by atoms with Crippen LogP contribution in [-0.2, 0) is 14.6 Å². The Morgan fingerprint density at radius 2 is 2.08 bits per heavy atom. The minimum atomic E-state index is -3.02. The lowest BCUT2D eigenvalue weighted by molar-refractivity contribution is -0.130. The highest BCUT2D eigenvalue weighted by Crippen LogP contribution is 2.28. The summed E-state index contributed by atoms with van der Waals surface area (Å²) in [4.78, 5) is 14.1. The SMILES string of the molecule is CCN(C(=O)CNc1cc(OC)ccc1OC)C1CCS(=O)(=O)C1. The van der Waals surface area contributed by atoms with E-state index < -0.39 is 9.84 Å². The third-order valence-corrected chi connectivity index (χ3v) is 5.90. The molecule has 1 heterocycles. The van der Waals surface area contributed by atoms with Crippen molar-refractivity contribution in [1.29, 1.82) is 0 Å². The Morgan fingerprint density at radius 3 is 2.62 bits per heavy atom. The quantitative estimate of drug-likeness (QED) is 0.789. The van der Waals surface area contributed by atoms with Gasteiger partial charge in [-0.25, -0.2) is 8.42 Å². The number of methoxy groups -OCH3 is 2. The number of sulfone groups is 1. The van der Waals surface area contributed by atoms with Crippen LogP contribution in [0.25, 0.3) is 0 Å². The standard InChI is InChI=1S/C16H24N2O5S/c1-4-18(12-7-8-24(20,21)11-12)16(19)10-17-14-9-13(22-2)5-6-15(14)23-3/h5-6,9,12,17H,4,7-8,10-11H2,1-3H3. The van der Waals surface area contributed by atoms with Crippen molar-refractivity contribution in [3.8, 4) is 11.5 Å². The molecule has 1 aliphatic heterocycles. The Labute approximate surface area is 142 Å². The molecule has 0 saturated carbocycles. The first-order valence-corrected chi connectivity index (χ1v) is 9.68. The van der Waals surface area contributed by atoms with E-state index in [1.165, 1.54) is 0 Å². The molecule has 1 fully saturated rings. The van der Waals surface area contributed by atoms with Crippen molar-refractivity contribution in [3.05, 3.63) is 18.2 Å². The number of nitrogens with one attached hydrogen (secondary N) is 1. The van der Waals surface area contributed by atoms with Crippen molar-refractivity contribution >= 4 is 21.4 Å². The van der Waals surface area contributed by atoms with E-state index in [-0.39, 0.29) is 30.0 Å². The van der Waals surface area contributed by atoms with Crippen LogP contribution >= 0.6 is 0 Å². The molecule has 1 aromatic carbocycles. The molecule has 0 radical (unpaired) electrons. The summed E-state index contributed by atoms with van der Waals surface area (Å²) < 4.78 is 33.7. The first kappa shape index (κ1) is 18.4. The van der Waals surface area contributed by atoms with Gasteiger partial charge in [-0.3, -0.25) is 4.79 Å². The topological polar surface area (TPSA) is 84.9 Å². The van der Waals surface area contributed by atoms with Crippen LogP contribution in [0.2, 0.25) is 0 Å². The summed E-state index contributed by atoms with van der Waals surface area (Å²) in [6.07, 6.45) is 0.504. The van der Waals surface area contributed by atoms with E-state index in [4.69, 9.17) is 9.47 Å². The number of hydrogen-bond acceptors (Lipinski definition) is 6. The van der Waals surface area contributed by atoms with E-state index in [2.05, 4.69) is 5.32 Å². The van der Waals surface area contributed by atoms with Crippen LogP contribution < -0.4 is 14.8 Å². The lowest BCUT2D eigenvalue weighted by atomic mass is 10.2. The summed E-state index contributed by atoms with van der Waals surface area (Å²) in [5.41, 5.74) is 0.653. The van der Waals surface area contributed by atoms with E-state index in [9.17, 15) is 13.2 Å². The minimum absolute atomic E-state index is 0.0507. The fraction of sp³-hybridized carbons (Fsp3) is 0.562. The van der Waals surface area contributed by atoms with Gasteiger partial charge in [0.05, 0.1) is 38.0 Å². The monoisotopic (exact) mass is 356 g/mol. The largest absolute Gasteiger partial charge is 0.497 e. The van der Waals surface area contributed by atoms with Gasteiger partial charge < -0.3 is 19.7 Å². The van der Waals surface area contributed by atoms with Crippen LogP contribution in [0.15, 0.2) is 18.2 Å². The summed E-state index contributed by atoms with van der Waals surface area (Å²) in [5.74, 6) is 1.33. The van der Waals surface area contributed by atoms with Crippen LogP contribution in [0.3, 0.4) is 0 Å². The molecule has 1 atom stereocenters. The Kier molecular flexibility index (Phi) is 5.93. The molecule has 0 aromatic heterocycles. The van der Waals surface area contributed by atoms with Crippen molar-refractivity contribution in [2.75, 3.05) is 44.1 Å². The van der Waals surface area contributed by atoms with Gasteiger partial charge in [-0.15, -0.1) is 0 Å². The molecular weight excluding hydrogens is 332 g/mol. The smallest absolute Gasteiger partial charge is 0.242 e. The number of carbonyl (C=O) groups excluding carboxylic acids is 1. The maximum Gasteiger partial charge on any atom is 0.242 e. The average molecular weight is 356 g/mol. The number of nitrogens with zero attached hydrogens (tertiary/aromatic N) is 1. The molecule has 1 saturated heterocycles. The highest BCUT2D eigenvalue weighted by Gasteiger charge is 2.33. The summed E-state index contributed by atoms with van der Waals surface area (Å²) in [5, 5.41) is 3.05. The number of amides is 1. The van der Waals surface area contributed by atoms with Crippen molar-refractivity contribution < 1.29 is 22.7 Å². The zero-order valence-corrected chi connectivity index (χ0v) is 15.1. The normalized spacial score (nSPS) is 18.9. The van der Waals surface area contributed by atoms with Gasteiger partial charge in [-0.05, 0) is 25.5 Å². The van der Waals surface area contributed by atoms with E-state index in [0.29, 0.717) is 30.2 Å². The molecule has 24 heavy (non-hydrogen) atoms. The van der Waals surface area contributed by atoms with Gasteiger partial charge in [0, 0.05) is 18.7 Å². The summed E-state index contributed by atoms with van der Waals surface area (Å²) >= 11 is 0. The van der Waals surface area contributed by atoms with Gasteiger partial charge in [0.1, 0.15) is 11.5 Å². The number of anilines is 1. The van der Waals surface area contributed by atoms with Crippen LogP contribution in [-0.4, -0.2) is 64.1 Å². The molecule has 0 aliphatic carbocycles. The maximum absolute atomic E-state index is 12.5. The maximum atomic E-state index is 12.5. The molecule has 0 spiro atoms. The molecule has 2 rings (SSSR count). The van der Waals surface area contributed by atoms with Gasteiger partial charge in [0.15, 0.2) is 9.84 Å². The third kappa shape index (κ3) is 4.31. The van der Waals surface area contributed by atoms with E-state index >= 15 is 0 Å². The molecule has 8 heteroatoms. The fourth-order valence-corrected chi connectivity index (χ4v) is 4.61. The van der Waals surface area contributed by atoms with Crippen LogP contribution in [0.4, 0.5) is 5.69 Å². The summed E-state index contributed by atoms with van der Waals surface area (Å²) in [7, 11) is 0.0960. The molecule has 1 N–H and O–H groups in total. The molecule has 7 nitrogen and oxygen atoms in total. The fourth-order valence-electron chi connectivity index (χ4n) is 2.88. The minimum Gasteiger partial charge on any atom is -0.497 e. The van der Waals surface area contributed by atoms with Crippen molar-refractivity contribution in [3.63, 3.8) is 0 Å². The van der Waals surface area contributed by atoms with Crippen LogP contribution in [0.5, 0.6) is 11.5 Å². The second-order valence-electron chi connectivity index (χ2n) is 5.66. The second kappa shape index (κ2) is 7.74. The zero-order valence-electron chi connectivity index (χ0n) is 14.2. The van der Waals surface area contributed by atoms with Gasteiger partial charge in [0.2, 0.25) is 5.91 Å². The van der Waals surface area contributed by atoms with Gasteiger partial charge in [0.25, 0.3) is 0 Å². The summed E-state index contributed by atoms with van der Waals surface area (Å²) in [6, 6.07) is 5.05. The van der Waals surface area contributed by atoms with Crippen molar-refractivity contribution in [2.45, 2.75) is 19.4 Å². The van der Waals surface area contributed by atoms with E-state index in [0.717, 1.165) is 0 Å². The van der Waals surface area contributed by atoms with Gasteiger partial charge in [-0.1, -0.05) is 0 Å². The Morgan fingerprint density at radius 1 is 1.33 bits per heavy atom. The number of carbonyl (C=O) groups is 1. The second-order valence-corrected chi connectivity index (χ2v) is 7.89. The molecular formula is C16H24N2O5S. The van der Waals surface area contributed by atoms with Gasteiger partial charge in [-0.2, -0.15) is 0 Å². The molecule has 0 bridgehead atoms. The first-order valence-electron chi connectivity index (χ1n) is 7.86. The number of benzene rings is 1. The zero-order chi connectivity index (χ0) is 17.7. The number of hydrogen-bond donors (Lipinski definition) is 1. The Bertz CT molecular complexity index is 690. The van der Waals surface area contributed by atoms with E-state index in [1.54, 1.807) is 37.3 Å². The predicted octanol–water partition coefficient (Wildman–Crippen LogP) is 1.15. The lowest BCUT2D eigenvalue weighted by Crippen LogP contribution is -2.43. The van der Waals surface area contributed by atoms with Crippen molar-refractivity contribution in [2.24, 2.45) is 0 Å². The molecule has 1 amide bonds. The van der Waals surface area contributed by atoms with Crippen LogP contribution in [0.1, 0.15) is 13.3 Å². The Balaban J connectivity index is 2.04. The predicted molar refractivity (Wildman–Crippen MR) is 92.5 cm³/mol. The third-order valence-electron chi connectivity index (χ3n) is 4.15. The summed E-state index contributed by atoms with van der Waals surface area (Å²) in [6.45, 7) is 2.40. The van der Waals surface area contributed by atoms with Crippen LogP contribution in [0, 0.1) is 0 Å². The molecule has 1 unspecified atom stereocenters. The lowest BCUT2D eigenvalue weighted by Gasteiger charge is -2.27. The Hall–Kier alpha value is -1.96. The number of ether oxygens (including phenoxy) is 2. The average Bonchev–Trinajstić information content (AvgIpc) is 2.92. The van der Waals surface area contributed by atoms with E-state index in [1.807, 2.05) is 6.92 Å². The highest BCUT2D eigenvalue weighted by molar-refractivity contribution is 7.91. The van der Waals surface area contributed by atoms with Gasteiger partial charge >= 0.3 is 0 Å².